The number of para-hydroxylation sites is 1. The van der Waals surface area contributed by atoms with Gasteiger partial charge >= 0.3 is 0 Å². The van der Waals surface area contributed by atoms with E-state index < -0.39 is 0 Å². The molecule has 22 heavy (non-hydrogen) atoms. The van der Waals surface area contributed by atoms with Gasteiger partial charge in [-0.3, -0.25) is 0 Å². The van der Waals surface area contributed by atoms with Crippen LogP contribution in [-0.2, 0) is 17.3 Å². The molecule has 1 aliphatic heterocycles. The lowest BCUT2D eigenvalue weighted by atomic mass is 9.73. The van der Waals surface area contributed by atoms with E-state index in [4.69, 9.17) is 4.74 Å². The van der Waals surface area contributed by atoms with E-state index in [-0.39, 0.29) is 10.8 Å². The van der Waals surface area contributed by atoms with Crippen molar-refractivity contribution in [3.63, 3.8) is 0 Å². The zero-order chi connectivity index (χ0) is 16.1. The van der Waals surface area contributed by atoms with Crippen LogP contribution in [0.1, 0.15) is 63.8 Å². The highest BCUT2D eigenvalue weighted by molar-refractivity contribution is 5.58. The number of hydrogen-bond acceptors (Lipinski definition) is 1. The molecule has 2 aromatic carbocycles. The maximum Gasteiger partial charge on any atom is 0.134 e. The molecule has 1 heteroatoms. The third-order valence-corrected chi connectivity index (χ3v) is 4.36. The Labute approximate surface area is 134 Å². The summed E-state index contributed by atoms with van der Waals surface area (Å²) >= 11 is 0. The van der Waals surface area contributed by atoms with E-state index in [1.165, 1.54) is 22.3 Å². The van der Waals surface area contributed by atoms with Crippen molar-refractivity contribution < 1.29 is 4.74 Å². The number of benzene rings is 2. The first-order valence-electron chi connectivity index (χ1n) is 8.10. The van der Waals surface area contributed by atoms with Crippen molar-refractivity contribution in [2.24, 2.45) is 0 Å². The molecule has 3 rings (SSSR count). The normalized spacial score (nSPS) is 14.1. The van der Waals surface area contributed by atoms with Gasteiger partial charge in [0.1, 0.15) is 11.5 Å². The van der Waals surface area contributed by atoms with Crippen molar-refractivity contribution in [3.05, 3.63) is 58.7 Å². The number of hydrogen-bond donors (Lipinski definition) is 0. The molecule has 116 valence electrons. The lowest BCUT2D eigenvalue weighted by Gasteiger charge is -2.34. The van der Waals surface area contributed by atoms with Crippen LogP contribution in [0.3, 0.4) is 0 Å². The molecule has 0 spiro atoms. The Morgan fingerprint density at radius 2 is 1.45 bits per heavy atom. The summed E-state index contributed by atoms with van der Waals surface area (Å²) in [6.07, 6.45) is 0.957. The highest BCUT2D eigenvalue weighted by Crippen LogP contribution is 2.46. The van der Waals surface area contributed by atoms with E-state index in [1.807, 2.05) is 6.07 Å². The molecule has 2 aromatic rings. The van der Waals surface area contributed by atoms with Gasteiger partial charge in [-0.2, -0.15) is 0 Å². The molecule has 0 N–H and O–H groups in total. The fourth-order valence-electron chi connectivity index (χ4n) is 3.32. The Morgan fingerprint density at radius 3 is 2.09 bits per heavy atom. The summed E-state index contributed by atoms with van der Waals surface area (Å²) in [5.74, 6) is 2.09. The highest BCUT2D eigenvalue weighted by Gasteiger charge is 2.32. The van der Waals surface area contributed by atoms with Crippen LogP contribution in [0.25, 0.3) is 0 Å². The average molecular weight is 294 g/mol. The second-order valence-corrected chi connectivity index (χ2v) is 8.36. The molecule has 1 heterocycles. The second-order valence-electron chi connectivity index (χ2n) is 8.36. The Bertz CT molecular complexity index is 712. The van der Waals surface area contributed by atoms with Gasteiger partial charge in [-0.15, -0.1) is 0 Å². The summed E-state index contributed by atoms with van der Waals surface area (Å²) in [6, 6.07) is 12.9. The topological polar surface area (TPSA) is 9.23 Å². The predicted molar refractivity (Wildman–Crippen MR) is 93.2 cm³/mol. The van der Waals surface area contributed by atoms with Crippen LogP contribution in [0.15, 0.2) is 36.4 Å². The van der Waals surface area contributed by atoms with Crippen molar-refractivity contribution >= 4 is 0 Å². The van der Waals surface area contributed by atoms with Crippen molar-refractivity contribution in [3.8, 4) is 11.5 Å². The van der Waals surface area contributed by atoms with Crippen LogP contribution in [-0.4, -0.2) is 0 Å². The number of rotatable bonds is 0. The zero-order valence-electron chi connectivity index (χ0n) is 14.6. The summed E-state index contributed by atoms with van der Waals surface area (Å²) < 4.78 is 6.37. The first-order valence-corrected chi connectivity index (χ1v) is 8.10. The number of ether oxygens (including phenoxy) is 1. The summed E-state index contributed by atoms with van der Waals surface area (Å²) in [5.41, 5.74) is 5.48. The third kappa shape index (κ3) is 2.54. The van der Waals surface area contributed by atoms with Crippen LogP contribution in [0.5, 0.6) is 11.5 Å². The molecule has 0 amide bonds. The lowest BCUT2D eigenvalue weighted by Crippen LogP contribution is -2.24. The van der Waals surface area contributed by atoms with Crippen LogP contribution in [0.4, 0.5) is 0 Å². The molecule has 0 unspecified atom stereocenters. The van der Waals surface area contributed by atoms with Gasteiger partial charge in [0.2, 0.25) is 0 Å². The number of fused-ring (bicyclic) bond motifs is 2. The van der Waals surface area contributed by atoms with Gasteiger partial charge in [0.25, 0.3) is 0 Å². The summed E-state index contributed by atoms with van der Waals surface area (Å²) in [6.45, 7) is 13.7. The highest BCUT2D eigenvalue weighted by atomic mass is 16.5. The Morgan fingerprint density at radius 1 is 0.773 bits per heavy atom. The summed E-state index contributed by atoms with van der Waals surface area (Å²) in [5, 5.41) is 0. The molecule has 0 saturated heterocycles. The second kappa shape index (κ2) is 4.87. The van der Waals surface area contributed by atoms with Crippen LogP contribution in [0.2, 0.25) is 0 Å². The molecule has 0 bridgehead atoms. The van der Waals surface area contributed by atoms with Crippen molar-refractivity contribution in [2.45, 2.75) is 58.8 Å². The van der Waals surface area contributed by atoms with Gasteiger partial charge in [0, 0.05) is 12.0 Å². The Balaban J connectivity index is 2.24. The Hall–Kier alpha value is -1.76. The zero-order valence-corrected chi connectivity index (χ0v) is 14.6. The molecule has 0 radical (unpaired) electrons. The van der Waals surface area contributed by atoms with Crippen molar-refractivity contribution in [1.82, 2.24) is 0 Å². The molecule has 0 aromatic heterocycles. The minimum Gasteiger partial charge on any atom is -0.456 e. The fourth-order valence-corrected chi connectivity index (χ4v) is 3.32. The van der Waals surface area contributed by atoms with Gasteiger partial charge in [-0.1, -0.05) is 71.9 Å². The minimum atomic E-state index is 0.0558. The van der Waals surface area contributed by atoms with Crippen molar-refractivity contribution in [1.29, 1.82) is 0 Å². The minimum absolute atomic E-state index is 0.0558. The van der Waals surface area contributed by atoms with Crippen LogP contribution >= 0.6 is 0 Å². The maximum atomic E-state index is 6.37. The van der Waals surface area contributed by atoms with Gasteiger partial charge in [-0.05, 0) is 33.6 Å². The molecule has 0 saturated carbocycles. The molecule has 0 atom stereocenters. The SMILES string of the molecule is CC(C)(C)c1ccc2c(c1C(C)(C)C)Oc1ccccc1C2. The van der Waals surface area contributed by atoms with Gasteiger partial charge in [0.15, 0.2) is 0 Å². The van der Waals surface area contributed by atoms with Gasteiger partial charge < -0.3 is 4.74 Å². The molecule has 1 aliphatic rings. The fraction of sp³-hybridized carbons (Fsp3) is 0.429. The Kier molecular flexibility index (Phi) is 3.36. The van der Waals surface area contributed by atoms with Gasteiger partial charge in [-0.25, -0.2) is 0 Å². The largest absolute Gasteiger partial charge is 0.456 e. The molecular formula is C21H26O. The maximum absolute atomic E-state index is 6.37. The van der Waals surface area contributed by atoms with E-state index in [9.17, 15) is 0 Å². The molecule has 1 nitrogen and oxygen atoms in total. The van der Waals surface area contributed by atoms with E-state index >= 15 is 0 Å². The first-order chi connectivity index (χ1) is 10.2. The van der Waals surface area contributed by atoms with E-state index in [0.717, 1.165) is 17.9 Å². The molecule has 0 aliphatic carbocycles. The summed E-state index contributed by atoms with van der Waals surface area (Å²) in [4.78, 5) is 0. The molecular weight excluding hydrogens is 268 g/mol. The third-order valence-electron chi connectivity index (χ3n) is 4.36. The van der Waals surface area contributed by atoms with E-state index in [2.05, 4.69) is 71.9 Å². The van der Waals surface area contributed by atoms with Crippen LogP contribution < -0.4 is 4.74 Å². The lowest BCUT2D eigenvalue weighted by molar-refractivity contribution is 0.426. The monoisotopic (exact) mass is 294 g/mol. The molecule has 0 fully saturated rings. The smallest absolute Gasteiger partial charge is 0.134 e. The first kappa shape index (κ1) is 15.1. The van der Waals surface area contributed by atoms with Gasteiger partial charge in [0.05, 0.1) is 0 Å². The van der Waals surface area contributed by atoms with E-state index in [1.54, 1.807) is 0 Å². The standard InChI is InChI=1S/C21H26O/c1-20(2,3)16-12-11-15-13-14-9-7-8-10-17(14)22-19(15)18(16)21(4,5)6/h7-12H,13H2,1-6H3. The average Bonchev–Trinajstić information content (AvgIpc) is 2.41. The predicted octanol–water partition coefficient (Wildman–Crippen LogP) is 5.98. The van der Waals surface area contributed by atoms with Crippen molar-refractivity contribution in [2.75, 3.05) is 0 Å². The van der Waals surface area contributed by atoms with E-state index in [0.29, 0.717) is 0 Å². The van der Waals surface area contributed by atoms with Crippen LogP contribution in [0, 0.1) is 0 Å². The quantitative estimate of drug-likeness (QED) is 0.495. The summed E-state index contributed by atoms with van der Waals surface area (Å²) in [7, 11) is 0.